The number of aryl methyl sites for hydroxylation is 1. The van der Waals surface area contributed by atoms with Gasteiger partial charge in [0.2, 0.25) is 0 Å². The Hall–Kier alpha value is -2.26. The van der Waals surface area contributed by atoms with Gasteiger partial charge in [0.1, 0.15) is 0 Å². The lowest BCUT2D eigenvalue weighted by Crippen LogP contribution is -2.30. The minimum Gasteiger partial charge on any atom is -0.481 e. The average molecular weight is 308 g/mol. The Bertz CT molecular complexity index is 513. The van der Waals surface area contributed by atoms with E-state index >= 15 is 0 Å². The lowest BCUT2D eigenvalue weighted by molar-refractivity contribution is -0.143. The van der Waals surface area contributed by atoms with E-state index in [2.05, 4.69) is 15.7 Å². The number of halogens is 3. The van der Waals surface area contributed by atoms with E-state index in [1.165, 1.54) is 6.92 Å². The lowest BCUT2D eigenvalue weighted by atomic mass is 10.3. The highest BCUT2D eigenvalue weighted by Crippen LogP contribution is 2.34. The number of anilines is 1. The first-order valence-corrected chi connectivity index (χ1v) is 6.15. The maximum Gasteiger partial charge on any atom is 0.435 e. The molecule has 0 aliphatic rings. The topological polar surface area (TPSA) is 96.3 Å². The van der Waals surface area contributed by atoms with Crippen molar-refractivity contribution in [3.63, 3.8) is 0 Å². The van der Waals surface area contributed by atoms with Gasteiger partial charge in [0.25, 0.3) is 0 Å². The molecule has 1 heterocycles. The summed E-state index contributed by atoms with van der Waals surface area (Å²) in [4.78, 5) is 21.7. The summed E-state index contributed by atoms with van der Waals surface area (Å²) < 4.78 is 39.4. The number of alkyl halides is 3. The highest BCUT2D eigenvalue weighted by molar-refractivity contribution is 5.89. The standard InChI is InChI=1S/C11H15F3N4O3/c1-2-18-9(11(12,13)14)7(6-16-18)17-10(21)15-5-3-4-8(19)20/h6H,2-5H2,1H3,(H,19,20)(H2,15,17,21). The summed E-state index contributed by atoms with van der Waals surface area (Å²) in [6, 6.07) is -0.846. The van der Waals surface area contributed by atoms with Crippen LogP contribution in [0.15, 0.2) is 6.20 Å². The van der Waals surface area contributed by atoms with Crippen LogP contribution in [0, 0.1) is 0 Å². The van der Waals surface area contributed by atoms with Gasteiger partial charge in [-0.2, -0.15) is 18.3 Å². The maximum atomic E-state index is 12.9. The molecule has 0 fully saturated rings. The van der Waals surface area contributed by atoms with Gasteiger partial charge in [0, 0.05) is 19.5 Å². The van der Waals surface area contributed by atoms with E-state index in [0.717, 1.165) is 10.9 Å². The van der Waals surface area contributed by atoms with Gasteiger partial charge in [-0.1, -0.05) is 0 Å². The van der Waals surface area contributed by atoms with Crippen molar-refractivity contribution in [3.05, 3.63) is 11.9 Å². The number of urea groups is 1. The molecule has 2 amide bonds. The predicted octanol–water partition coefficient (Wildman–Crippen LogP) is 1.91. The predicted molar refractivity (Wildman–Crippen MR) is 66.8 cm³/mol. The molecule has 0 bridgehead atoms. The van der Waals surface area contributed by atoms with E-state index in [4.69, 9.17) is 5.11 Å². The largest absolute Gasteiger partial charge is 0.481 e. The van der Waals surface area contributed by atoms with Gasteiger partial charge in [-0.25, -0.2) is 4.79 Å². The van der Waals surface area contributed by atoms with Crippen LogP contribution in [0.4, 0.5) is 23.7 Å². The molecule has 1 aromatic heterocycles. The Balaban J connectivity index is 2.64. The fourth-order valence-corrected chi connectivity index (χ4v) is 1.62. The average Bonchev–Trinajstić information content (AvgIpc) is 2.77. The molecule has 0 aromatic carbocycles. The minimum atomic E-state index is -4.64. The molecule has 3 N–H and O–H groups in total. The summed E-state index contributed by atoms with van der Waals surface area (Å²) in [5.41, 5.74) is -1.48. The van der Waals surface area contributed by atoms with Gasteiger partial charge < -0.3 is 15.7 Å². The third-order valence-corrected chi connectivity index (χ3v) is 2.51. The molecule has 21 heavy (non-hydrogen) atoms. The Morgan fingerprint density at radius 1 is 1.43 bits per heavy atom. The number of nitrogens with one attached hydrogen (secondary N) is 2. The molecule has 0 atom stereocenters. The number of aromatic nitrogens is 2. The molecule has 7 nitrogen and oxygen atoms in total. The molecule has 118 valence electrons. The smallest absolute Gasteiger partial charge is 0.435 e. The summed E-state index contributed by atoms with van der Waals surface area (Å²) in [7, 11) is 0. The van der Waals surface area contributed by atoms with Gasteiger partial charge in [-0.05, 0) is 13.3 Å². The lowest BCUT2D eigenvalue weighted by Gasteiger charge is -2.12. The van der Waals surface area contributed by atoms with E-state index in [1.807, 2.05) is 0 Å². The number of carbonyl (C=O) groups excluding carboxylic acids is 1. The van der Waals surface area contributed by atoms with Gasteiger partial charge in [-0.3, -0.25) is 9.48 Å². The number of nitrogens with zero attached hydrogens (tertiary/aromatic N) is 2. The zero-order valence-electron chi connectivity index (χ0n) is 11.2. The number of aliphatic carboxylic acids is 1. The molecule has 0 aliphatic carbocycles. The van der Waals surface area contributed by atoms with Gasteiger partial charge >= 0.3 is 18.2 Å². The number of rotatable bonds is 6. The highest BCUT2D eigenvalue weighted by Gasteiger charge is 2.38. The van der Waals surface area contributed by atoms with Crippen LogP contribution in [0.5, 0.6) is 0 Å². The van der Waals surface area contributed by atoms with Crippen LogP contribution in [0.1, 0.15) is 25.5 Å². The summed E-state index contributed by atoms with van der Waals surface area (Å²) in [6.45, 7) is 1.55. The van der Waals surface area contributed by atoms with Crippen molar-refractivity contribution in [1.82, 2.24) is 15.1 Å². The zero-order valence-corrected chi connectivity index (χ0v) is 11.2. The molecule has 0 saturated heterocycles. The van der Waals surface area contributed by atoms with Crippen LogP contribution in [0.3, 0.4) is 0 Å². The van der Waals surface area contributed by atoms with Crippen molar-refractivity contribution in [3.8, 4) is 0 Å². The molecule has 1 aromatic rings. The Morgan fingerprint density at radius 2 is 2.10 bits per heavy atom. The van der Waals surface area contributed by atoms with Crippen molar-refractivity contribution in [1.29, 1.82) is 0 Å². The third kappa shape index (κ3) is 4.97. The number of carbonyl (C=O) groups is 2. The van der Waals surface area contributed by atoms with Gasteiger partial charge in [-0.15, -0.1) is 0 Å². The van der Waals surface area contributed by atoms with Crippen molar-refractivity contribution in [2.24, 2.45) is 0 Å². The van der Waals surface area contributed by atoms with E-state index in [-0.39, 0.29) is 25.9 Å². The zero-order chi connectivity index (χ0) is 16.0. The number of carboxylic acid groups (broad SMARTS) is 1. The van der Waals surface area contributed by atoms with Crippen LogP contribution in [-0.4, -0.2) is 33.4 Å². The molecule has 10 heteroatoms. The summed E-state index contributed by atoms with van der Waals surface area (Å²) >= 11 is 0. The van der Waals surface area contributed by atoms with Gasteiger partial charge in [0.05, 0.1) is 11.9 Å². The van der Waals surface area contributed by atoms with Crippen LogP contribution in [0.25, 0.3) is 0 Å². The Kier molecular flexibility index (Phi) is 5.56. The number of hydrogen-bond acceptors (Lipinski definition) is 3. The molecular weight excluding hydrogens is 293 g/mol. The molecule has 1 rings (SSSR count). The molecule has 0 spiro atoms. The normalized spacial score (nSPS) is 11.2. The van der Waals surface area contributed by atoms with Crippen molar-refractivity contribution < 1.29 is 27.9 Å². The van der Waals surface area contributed by atoms with Crippen LogP contribution < -0.4 is 10.6 Å². The number of hydrogen-bond donors (Lipinski definition) is 3. The van der Waals surface area contributed by atoms with Crippen LogP contribution >= 0.6 is 0 Å². The molecule has 0 radical (unpaired) electrons. The SMILES string of the molecule is CCn1ncc(NC(=O)NCCCC(=O)O)c1C(F)(F)F. The van der Waals surface area contributed by atoms with E-state index in [0.29, 0.717) is 0 Å². The molecule has 0 aliphatic heterocycles. The molecule has 0 unspecified atom stereocenters. The Morgan fingerprint density at radius 3 is 2.62 bits per heavy atom. The van der Waals surface area contributed by atoms with E-state index in [1.54, 1.807) is 0 Å². The van der Waals surface area contributed by atoms with Crippen LogP contribution in [0.2, 0.25) is 0 Å². The number of amides is 2. The Labute approximate surface area is 118 Å². The van der Waals surface area contributed by atoms with Crippen molar-refractivity contribution in [2.75, 3.05) is 11.9 Å². The fraction of sp³-hybridized carbons (Fsp3) is 0.545. The van der Waals surface area contributed by atoms with Crippen LogP contribution in [-0.2, 0) is 17.5 Å². The molecule has 0 saturated carbocycles. The maximum absolute atomic E-state index is 12.9. The molecular formula is C11H15F3N4O3. The van der Waals surface area contributed by atoms with E-state index < -0.39 is 29.6 Å². The first-order valence-electron chi connectivity index (χ1n) is 6.15. The first-order chi connectivity index (χ1) is 9.75. The summed E-state index contributed by atoms with van der Waals surface area (Å²) in [6.07, 6.45) is -3.67. The van der Waals surface area contributed by atoms with E-state index in [9.17, 15) is 22.8 Å². The van der Waals surface area contributed by atoms with Crippen molar-refractivity contribution in [2.45, 2.75) is 32.5 Å². The minimum absolute atomic E-state index is 0.0107. The quantitative estimate of drug-likeness (QED) is 0.699. The summed E-state index contributed by atoms with van der Waals surface area (Å²) in [5, 5.41) is 16.3. The second-order valence-electron chi connectivity index (χ2n) is 4.10. The van der Waals surface area contributed by atoms with Gasteiger partial charge in [0.15, 0.2) is 5.69 Å². The monoisotopic (exact) mass is 308 g/mol. The third-order valence-electron chi connectivity index (χ3n) is 2.51. The fourth-order valence-electron chi connectivity index (χ4n) is 1.62. The summed E-state index contributed by atoms with van der Waals surface area (Å²) in [5.74, 6) is -1.01. The number of carboxylic acids is 1. The van der Waals surface area contributed by atoms with Crippen molar-refractivity contribution >= 4 is 17.7 Å². The first kappa shape index (κ1) is 16.8. The second kappa shape index (κ2) is 6.95. The second-order valence-corrected chi connectivity index (χ2v) is 4.10. The highest BCUT2D eigenvalue weighted by atomic mass is 19.4.